The van der Waals surface area contributed by atoms with Crippen molar-refractivity contribution in [1.29, 1.82) is 0 Å². The first kappa shape index (κ1) is 12.7. The van der Waals surface area contributed by atoms with Gasteiger partial charge in [0.2, 0.25) is 0 Å². The molecule has 3 rings (SSSR count). The summed E-state index contributed by atoms with van der Waals surface area (Å²) in [6.45, 7) is 1.52. The number of hydrogen-bond acceptors (Lipinski definition) is 6. The molecule has 19 heavy (non-hydrogen) atoms. The Hall–Kier alpha value is -1.28. The molecule has 1 saturated heterocycles. The van der Waals surface area contributed by atoms with E-state index >= 15 is 0 Å². The molecule has 0 aromatic carbocycles. The molecule has 2 N–H and O–H groups in total. The molecule has 2 aromatic rings. The average molecular weight is 285 g/mol. The summed E-state index contributed by atoms with van der Waals surface area (Å²) in [6.07, 6.45) is 0.230. The second-order valence-electron chi connectivity index (χ2n) is 4.50. The number of rotatable bonds is 2. The summed E-state index contributed by atoms with van der Waals surface area (Å²) in [4.78, 5) is 12.5. The summed E-state index contributed by atoms with van der Waals surface area (Å²) in [5, 5.41) is 19.1. The Balaban J connectivity index is 2.02. The predicted octanol–water partition coefficient (Wildman–Crippen LogP) is 0.429. The van der Waals surface area contributed by atoms with Gasteiger partial charge in [0, 0.05) is 6.42 Å². The normalized spacial score (nSPS) is 27.3. The third kappa shape index (κ3) is 2.08. The summed E-state index contributed by atoms with van der Waals surface area (Å²) in [6, 6.07) is 0. The van der Waals surface area contributed by atoms with Crippen LogP contribution in [0.1, 0.15) is 18.5 Å². The van der Waals surface area contributed by atoms with Crippen LogP contribution in [-0.2, 0) is 4.74 Å². The fraction of sp³-hybridized carbons (Fsp3) is 0.545. The number of aliphatic hydroxyl groups excluding tert-OH is 2. The lowest BCUT2D eigenvalue weighted by molar-refractivity contribution is -0.0432. The number of hydrogen-bond donors (Lipinski definition) is 2. The van der Waals surface area contributed by atoms with Crippen molar-refractivity contribution in [2.45, 2.75) is 31.8 Å². The van der Waals surface area contributed by atoms with E-state index in [9.17, 15) is 5.11 Å². The predicted molar refractivity (Wildman–Crippen MR) is 66.7 cm³/mol. The first-order valence-electron chi connectivity index (χ1n) is 5.91. The van der Waals surface area contributed by atoms with Crippen LogP contribution >= 0.6 is 11.6 Å². The fourth-order valence-electron chi connectivity index (χ4n) is 2.25. The number of fused-ring (bicyclic) bond motifs is 1. The van der Waals surface area contributed by atoms with Crippen LogP contribution in [0.15, 0.2) is 6.33 Å². The van der Waals surface area contributed by atoms with Gasteiger partial charge >= 0.3 is 0 Å². The van der Waals surface area contributed by atoms with Gasteiger partial charge in [-0.1, -0.05) is 11.6 Å². The van der Waals surface area contributed by atoms with E-state index in [1.165, 1.54) is 0 Å². The quantitative estimate of drug-likeness (QED) is 0.777. The lowest BCUT2D eigenvalue weighted by Crippen LogP contribution is -2.24. The molecule has 0 aliphatic carbocycles. The standard InChI is InChI=1S/C11H13ClN4O3/c1-5-14-10(12)9-11(15-5)16(4-13-9)8-2-6(18)7(3-17)19-8/h4,6-8,17-18H,2-3H2,1H3/t6?,7-,8-/m1/s1. The van der Waals surface area contributed by atoms with Crippen molar-refractivity contribution in [3.63, 3.8) is 0 Å². The highest BCUT2D eigenvalue weighted by atomic mass is 35.5. The van der Waals surface area contributed by atoms with Gasteiger partial charge in [-0.15, -0.1) is 0 Å². The molecule has 0 bridgehead atoms. The summed E-state index contributed by atoms with van der Waals surface area (Å²) < 4.78 is 7.28. The van der Waals surface area contributed by atoms with Crippen LogP contribution < -0.4 is 0 Å². The highest BCUT2D eigenvalue weighted by molar-refractivity contribution is 6.33. The van der Waals surface area contributed by atoms with Gasteiger partial charge in [-0.3, -0.25) is 4.57 Å². The average Bonchev–Trinajstić information content (AvgIpc) is 2.92. The minimum absolute atomic E-state index is 0.223. The monoisotopic (exact) mass is 284 g/mol. The van der Waals surface area contributed by atoms with Crippen LogP contribution in [0.2, 0.25) is 5.15 Å². The van der Waals surface area contributed by atoms with E-state index in [4.69, 9.17) is 21.4 Å². The van der Waals surface area contributed by atoms with Gasteiger partial charge in [-0.2, -0.15) is 0 Å². The Kier molecular flexibility index (Phi) is 3.14. The van der Waals surface area contributed by atoms with Gasteiger partial charge in [0.1, 0.15) is 23.7 Å². The third-order valence-corrected chi connectivity index (χ3v) is 3.45. The maximum Gasteiger partial charge on any atom is 0.167 e. The summed E-state index contributed by atoms with van der Waals surface area (Å²) >= 11 is 6.01. The molecule has 0 saturated carbocycles. The van der Waals surface area contributed by atoms with Gasteiger partial charge in [0.05, 0.1) is 19.0 Å². The van der Waals surface area contributed by atoms with Crippen molar-refractivity contribution in [2.75, 3.05) is 6.61 Å². The Morgan fingerprint density at radius 3 is 3.00 bits per heavy atom. The number of ether oxygens (including phenoxy) is 1. The zero-order valence-corrected chi connectivity index (χ0v) is 10.9. The second kappa shape index (κ2) is 4.68. The van der Waals surface area contributed by atoms with Gasteiger partial charge in [0.25, 0.3) is 0 Å². The topological polar surface area (TPSA) is 93.3 Å². The molecule has 0 spiro atoms. The molecule has 0 radical (unpaired) electrons. The zero-order valence-electron chi connectivity index (χ0n) is 10.2. The van der Waals surface area contributed by atoms with Crippen LogP contribution in [0.5, 0.6) is 0 Å². The largest absolute Gasteiger partial charge is 0.394 e. The first-order valence-corrected chi connectivity index (χ1v) is 6.29. The van der Waals surface area contributed by atoms with E-state index in [0.717, 1.165) is 0 Å². The van der Waals surface area contributed by atoms with E-state index < -0.39 is 18.4 Å². The first-order chi connectivity index (χ1) is 9.10. The van der Waals surface area contributed by atoms with Crippen molar-refractivity contribution < 1.29 is 14.9 Å². The van der Waals surface area contributed by atoms with Crippen molar-refractivity contribution in [1.82, 2.24) is 19.5 Å². The molecule has 1 aliphatic heterocycles. The molecule has 7 nitrogen and oxygen atoms in total. The summed E-state index contributed by atoms with van der Waals surface area (Å²) in [5.74, 6) is 0.538. The molecule has 3 heterocycles. The van der Waals surface area contributed by atoms with E-state index in [2.05, 4.69) is 15.0 Å². The fourth-order valence-corrected chi connectivity index (χ4v) is 2.50. The van der Waals surface area contributed by atoms with Crippen molar-refractivity contribution in [3.8, 4) is 0 Å². The zero-order chi connectivity index (χ0) is 13.6. The second-order valence-corrected chi connectivity index (χ2v) is 4.86. The molecular weight excluding hydrogens is 272 g/mol. The lowest BCUT2D eigenvalue weighted by atomic mass is 10.2. The maximum absolute atomic E-state index is 9.76. The minimum atomic E-state index is -0.703. The van der Waals surface area contributed by atoms with E-state index in [1.54, 1.807) is 17.8 Å². The number of nitrogens with zero attached hydrogens (tertiary/aromatic N) is 4. The van der Waals surface area contributed by atoms with Crippen molar-refractivity contribution >= 4 is 22.8 Å². The molecule has 2 aromatic heterocycles. The molecule has 1 aliphatic rings. The van der Waals surface area contributed by atoms with Gasteiger partial charge in [0.15, 0.2) is 10.8 Å². The van der Waals surface area contributed by atoms with Crippen LogP contribution in [-0.4, -0.2) is 48.5 Å². The third-order valence-electron chi connectivity index (χ3n) is 3.19. The molecule has 8 heteroatoms. The van der Waals surface area contributed by atoms with Crippen LogP contribution in [0.4, 0.5) is 0 Å². The molecule has 0 amide bonds. The molecule has 1 unspecified atom stereocenters. The van der Waals surface area contributed by atoms with E-state index in [-0.39, 0.29) is 6.61 Å². The summed E-state index contributed by atoms with van der Waals surface area (Å²) in [5.41, 5.74) is 1.06. The van der Waals surface area contributed by atoms with Gasteiger partial charge in [-0.05, 0) is 6.92 Å². The molecule has 1 fully saturated rings. The Bertz CT molecular complexity index is 617. The van der Waals surface area contributed by atoms with Crippen LogP contribution in [0.25, 0.3) is 11.2 Å². The lowest BCUT2D eigenvalue weighted by Gasteiger charge is -2.13. The molecule has 102 valence electrons. The van der Waals surface area contributed by atoms with E-state index in [1.807, 2.05) is 0 Å². The molecule has 3 atom stereocenters. The number of imidazole rings is 1. The molecular formula is C11H13ClN4O3. The minimum Gasteiger partial charge on any atom is -0.394 e. The van der Waals surface area contributed by atoms with Crippen LogP contribution in [0, 0.1) is 6.92 Å². The van der Waals surface area contributed by atoms with Gasteiger partial charge < -0.3 is 14.9 Å². The van der Waals surface area contributed by atoms with E-state index in [0.29, 0.717) is 28.6 Å². The van der Waals surface area contributed by atoms with Crippen molar-refractivity contribution in [2.24, 2.45) is 0 Å². The number of halogens is 1. The number of aromatic nitrogens is 4. The Labute approximate surface area is 113 Å². The van der Waals surface area contributed by atoms with Crippen LogP contribution in [0.3, 0.4) is 0 Å². The Morgan fingerprint density at radius 1 is 1.53 bits per heavy atom. The number of aryl methyl sites for hydroxylation is 1. The van der Waals surface area contributed by atoms with Crippen molar-refractivity contribution in [3.05, 3.63) is 17.3 Å². The van der Waals surface area contributed by atoms with Gasteiger partial charge in [-0.25, -0.2) is 15.0 Å². The smallest absolute Gasteiger partial charge is 0.167 e. The summed E-state index contributed by atoms with van der Waals surface area (Å²) in [7, 11) is 0. The SMILES string of the molecule is Cc1nc(Cl)c2ncn([C@H]3CC(O)[C@@H](CO)O3)c2n1. The maximum atomic E-state index is 9.76. The highest BCUT2D eigenvalue weighted by Gasteiger charge is 2.35. The highest BCUT2D eigenvalue weighted by Crippen LogP contribution is 2.31. The Morgan fingerprint density at radius 2 is 2.32 bits per heavy atom. The number of aliphatic hydroxyl groups is 2.